The number of Topliss-reactive ketones (excluding diaryl/α,β-unsaturated/α-hetero) is 1. The summed E-state index contributed by atoms with van der Waals surface area (Å²) in [7, 11) is 0. The minimum absolute atomic E-state index is 0.0440. The summed E-state index contributed by atoms with van der Waals surface area (Å²) in [6, 6.07) is 11.1. The molecule has 0 spiro atoms. The molecular weight excluding hydrogens is 304 g/mol. The number of hydrogen-bond acceptors (Lipinski definition) is 4. The third-order valence-electron chi connectivity index (χ3n) is 4.28. The second kappa shape index (κ2) is 6.87. The van der Waals surface area contributed by atoms with E-state index in [2.05, 4.69) is 0 Å². The molecule has 0 fully saturated rings. The molecule has 1 aliphatic carbocycles. The fourth-order valence-electron chi connectivity index (χ4n) is 3.00. The minimum Gasteiger partial charge on any atom is -0.482 e. The van der Waals surface area contributed by atoms with Crippen LogP contribution in [0.4, 0.5) is 0 Å². The molecule has 1 aliphatic rings. The number of para-hydroxylation sites is 1. The molecule has 4 heteroatoms. The number of benzene rings is 2. The maximum atomic E-state index is 12.2. The maximum Gasteiger partial charge on any atom is 0.349 e. The van der Waals surface area contributed by atoms with Crippen molar-refractivity contribution < 1.29 is 19.1 Å². The van der Waals surface area contributed by atoms with E-state index in [1.54, 1.807) is 12.1 Å². The molecule has 0 aromatic heterocycles. The highest BCUT2D eigenvalue weighted by molar-refractivity contribution is 6.02. The lowest BCUT2D eigenvalue weighted by atomic mass is 9.87. The van der Waals surface area contributed by atoms with Gasteiger partial charge in [0.15, 0.2) is 12.4 Å². The molecule has 0 bridgehead atoms. The number of ketones is 1. The summed E-state index contributed by atoms with van der Waals surface area (Å²) < 4.78 is 10.9. The number of carbonyl (C=O) groups is 2. The van der Waals surface area contributed by atoms with Gasteiger partial charge in [-0.05, 0) is 55.5 Å². The summed E-state index contributed by atoms with van der Waals surface area (Å²) in [6.07, 6.45) is 2.19. The van der Waals surface area contributed by atoms with Gasteiger partial charge in [-0.25, -0.2) is 4.79 Å². The zero-order valence-corrected chi connectivity index (χ0v) is 13.9. The van der Waals surface area contributed by atoms with Crippen LogP contribution in [0, 0.1) is 13.8 Å². The Morgan fingerprint density at radius 3 is 2.58 bits per heavy atom. The second-order valence-corrected chi connectivity index (χ2v) is 6.04. The molecule has 0 radical (unpaired) electrons. The van der Waals surface area contributed by atoms with Gasteiger partial charge in [-0.1, -0.05) is 24.3 Å². The van der Waals surface area contributed by atoms with Gasteiger partial charge in [0.25, 0.3) is 0 Å². The molecule has 124 valence electrons. The van der Waals surface area contributed by atoms with E-state index in [0.717, 1.165) is 29.5 Å². The Kier molecular flexibility index (Phi) is 4.65. The molecule has 0 saturated carbocycles. The Morgan fingerprint density at radius 1 is 1.00 bits per heavy atom. The molecule has 24 heavy (non-hydrogen) atoms. The number of fused-ring (bicyclic) bond motifs is 1. The molecule has 0 saturated heterocycles. The van der Waals surface area contributed by atoms with Crippen LogP contribution in [-0.4, -0.2) is 18.4 Å². The summed E-state index contributed by atoms with van der Waals surface area (Å²) in [6.45, 7) is 3.70. The first-order valence-corrected chi connectivity index (χ1v) is 8.11. The average Bonchev–Trinajstić information content (AvgIpc) is 2.57. The van der Waals surface area contributed by atoms with E-state index in [4.69, 9.17) is 9.47 Å². The maximum absolute atomic E-state index is 12.2. The molecule has 0 aliphatic heterocycles. The van der Waals surface area contributed by atoms with Crippen molar-refractivity contribution in [3.05, 3.63) is 58.7 Å². The standard InChI is InChI=1S/C20H20O4/c1-13-10-11-18(20-15(13)7-5-8-16(20)21)24-19(22)12-23-17-9-4-3-6-14(17)2/h3-4,6,9-11H,5,7-8,12H2,1-2H3. The number of aryl methyl sites for hydroxylation is 2. The Bertz CT molecular complexity index is 792. The lowest BCUT2D eigenvalue weighted by Crippen LogP contribution is -2.21. The first kappa shape index (κ1) is 16.2. The van der Waals surface area contributed by atoms with Crippen LogP contribution in [0.3, 0.4) is 0 Å². The Morgan fingerprint density at radius 2 is 1.79 bits per heavy atom. The number of hydrogen-bond donors (Lipinski definition) is 0. The van der Waals surface area contributed by atoms with Crippen LogP contribution in [0.2, 0.25) is 0 Å². The smallest absolute Gasteiger partial charge is 0.349 e. The van der Waals surface area contributed by atoms with Gasteiger partial charge in [0.05, 0.1) is 5.56 Å². The molecule has 0 atom stereocenters. The van der Waals surface area contributed by atoms with Crippen LogP contribution in [0.25, 0.3) is 0 Å². The first-order valence-electron chi connectivity index (χ1n) is 8.11. The van der Waals surface area contributed by atoms with Crippen molar-refractivity contribution in [1.82, 2.24) is 0 Å². The molecule has 3 rings (SSSR count). The Balaban J connectivity index is 1.73. The molecule has 0 N–H and O–H groups in total. The lowest BCUT2D eigenvalue weighted by Gasteiger charge is -2.20. The zero-order chi connectivity index (χ0) is 17.1. The predicted octanol–water partition coefficient (Wildman–Crippen LogP) is 3.81. The topological polar surface area (TPSA) is 52.6 Å². The van der Waals surface area contributed by atoms with Crippen LogP contribution in [-0.2, 0) is 11.2 Å². The van der Waals surface area contributed by atoms with Crippen molar-refractivity contribution in [2.24, 2.45) is 0 Å². The summed E-state index contributed by atoms with van der Waals surface area (Å²) in [5, 5.41) is 0. The monoisotopic (exact) mass is 324 g/mol. The average molecular weight is 324 g/mol. The van der Waals surface area contributed by atoms with Gasteiger partial charge in [0, 0.05) is 6.42 Å². The van der Waals surface area contributed by atoms with Crippen molar-refractivity contribution in [2.45, 2.75) is 33.1 Å². The first-order chi connectivity index (χ1) is 11.6. The van der Waals surface area contributed by atoms with Gasteiger partial charge in [0.2, 0.25) is 0 Å². The van der Waals surface area contributed by atoms with Crippen molar-refractivity contribution in [1.29, 1.82) is 0 Å². The normalized spacial score (nSPS) is 13.3. The molecule has 4 nitrogen and oxygen atoms in total. The van der Waals surface area contributed by atoms with Crippen molar-refractivity contribution >= 4 is 11.8 Å². The Hall–Kier alpha value is -2.62. The second-order valence-electron chi connectivity index (χ2n) is 6.04. The summed E-state index contributed by atoms with van der Waals surface area (Å²) in [5.41, 5.74) is 3.57. The van der Waals surface area contributed by atoms with Crippen molar-refractivity contribution in [3.8, 4) is 11.5 Å². The number of ether oxygens (including phenoxy) is 2. The molecule has 0 unspecified atom stereocenters. The fourth-order valence-corrected chi connectivity index (χ4v) is 3.00. The molecule has 2 aromatic carbocycles. The quantitative estimate of drug-likeness (QED) is 0.634. The van der Waals surface area contributed by atoms with Crippen molar-refractivity contribution in [3.63, 3.8) is 0 Å². The van der Waals surface area contributed by atoms with Gasteiger partial charge in [-0.2, -0.15) is 0 Å². The van der Waals surface area contributed by atoms with Gasteiger partial charge in [-0.3, -0.25) is 4.79 Å². The van der Waals surface area contributed by atoms with Crippen LogP contribution >= 0.6 is 0 Å². The molecule has 0 amide bonds. The number of esters is 1. The third kappa shape index (κ3) is 3.32. The highest BCUT2D eigenvalue weighted by Gasteiger charge is 2.24. The molecule has 2 aromatic rings. The number of rotatable bonds is 4. The van der Waals surface area contributed by atoms with Crippen LogP contribution in [0.1, 0.15) is 39.9 Å². The van der Waals surface area contributed by atoms with Crippen LogP contribution < -0.4 is 9.47 Å². The fraction of sp³-hybridized carbons (Fsp3) is 0.300. The van der Waals surface area contributed by atoms with E-state index < -0.39 is 5.97 Å². The largest absolute Gasteiger partial charge is 0.482 e. The summed E-state index contributed by atoms with van der Waals surface area (Å²) >= 11 is 0. The van der Waals surface area contributed by atoms with E-state index in [-0.39, 0.29) is 12.4 Å². The van der Waals surface area contributed by atoms with E-state index in [1.807, 2.05) is 38.1 Å². The van der Waals surface area contributed by atoms with Crippen LogP contribution in [0.5, 0.6) is 11.5 Å². The van der Waals surface area contributed by atoms with E-state index in [1.165, 1.54) is 0 Å². The van der Waals surface area contributed by atoms with Crippen LogP contribution in [0.15, 0.2) is 36.4 Å². The Labute approximate surface area is 141 Å². The SMILES string of the molecule is Cc1ccccc1OCC(=O)Oc1ccc(C)c2c1C(=O)CCC2. The highest BCUT2D eigenvalue weighted by atomic mass is 16.6. The molecule has 0 heterocycles. The summed E-state index contributed by atoms with van der Waals surface area (Å²) in [5.74, 6) is 0.528. The molecular formula is C20H20O4. The highest BCUT2D eigenvalue weighted by Crippen LogP contribution is 2.32. The zero-order valence-electron chi connectivity index (χ0n) is 13.9. The van der Waals surface area contributed by atoms with E-state index in [0.29, 0.717) is 23.5 Å². The summed E-state index contributed by atoms with van der Waals surface area (Å²) in [4.78, 5) is 24.4. The van der Waals surface area contributed by atoms with Crippen molar-refractivity contribution in [2.75, 3.05) is 6.61 Å². The minimum atomic E-state index is -0.511. The third-order valence-corrected chi connectivity index (χ3v) is 4.28. The van der Waals surface area contributed by atoms with E-state index in [9.17, 15) is 9.59 Å². The van der Waals surface area contributed by atoms with Gasteiger partial charge >= 0.3 is 5.97 Å². The predicted molar refractivity (Wildman–Crippen MR) is 90.8 cm³/mol. The number of carbonyl (C=O) groups excluding carboxylic acids is 2. The lowest BCUT2D eigenvalue weighted by molar-refractivity contribution is -0.136. The van der Waals surface area contributed by atoms with E-state index >= 15 is 0 Å². The van der Waals surface area contributed by atoms with Gasteiger partial charge < -0.3 is 9.47 Å². The van der Waals surface area contributed by atoms with Gasteiger partial charge in [-0.15, -0.1) is 0 Å². The van der Waals surface area contributed by atoms with Gasteiger partial charge in [0.1, 0.15) is 11.5 Å².